The van der Waals surface area contributed by atoms with Crippen LogP contribution in [-0.2, 0) is 12.6 Å². The fourth-order valence-corrected chi connectivity index (χ4v) is 45.7. The summed E-state index contributed by atoms with van der Waals surface area (Å²) in [4.78, 5) is 0. The minimum absolute atomic E-state index is 0. The van der Waals surface area contributed by atoms with E-state index in [9.17, 15) is 0 Å². The van der Waals surface area contributed by atoms with Crippen LogP contribution in [0.2, 0.25) is 137 Å². The number of hydrogen-bond donors (Lipinski definition) is 0. The molecular formula is C32H71NOPbSSi7. The molecule has 0 aliphatic carbocycles. The first-order chi connectivity index (χ1) is 18.1. The molecule has 0 aliphatic rings. The van der Waals surface area contributed by atoms with Crippen molar-refractivity contribution in [3.8, 4) is 0 Å². The van der Waals surface area contributed by atoms with Gasteiger partial charge >= 0.3 is 27.3 Å². The van der Waals surface area contributed by atoms with Crippen LogP contribution < -0.4 is 0 Å². The Hall–Kier alpha value is 1.35. The summed E-state index contributed by atoms with van der Waals surface area (Å²) in [6.45, 7) is 57.6. The van der Waals surface area contributed by atoms with E-state index in [0.717, 1.165) is 21.0 Å². The maximum absolute atomic E-state index is 8.76. The van der Waals surface area contributed by atoms with Gasteiger partial charge in [0.1, 0.15) is 0 Å². The first kappa shape index (κ1) is 48.7. The summed E-state index contributed by atoms with van der Waals surface area (Å²) in [7, 11) is -9.14. The van der Waals surface area contributed by atoms with E-state index >= 15 is 0 Å². The molecule has 0 unspecified atom stereocenters. The summed E-state index contributed by atoms with van der Waals surface area (Å²) >= 11 is 3.95. The summed E-state index contributed by atoms with van der Waals surface area (Å²) in [6, 6.07) is 9.65. The van der Waals surface area contributed by atoms with Gasteiger partial charge in [0.25, 0.3) is 0 Å². The Morgan fingerprint density at radius 2 is 0.767 bits per heavy atom. The predicted octanol–water partition coefficient (Wildman–Crippen LogP) is 11.4. The van der Waals surface area contributed by atoms with E-state index in [-0.39, 0.29) is 27.3 Å². The Morgan fingerprint density at radius 1 is 0.581 bits per heavy atom. The Kier molecular flexibility index (Phi) is 20.0. The minimum Gasteiger partial charge on any atom is -0.794 e. The number of hydrogen-bond acceptors (Lipinski definition) is 3. The quantitative estimate of drug-likeness (QED) is 0.0813. The van der Waals surface area contributed by atoms with Crippen LogP contribution in [0.4, 0.5) is 0 Å². The third-order valence-electron chi connectivity index (χ3n) is 7.13. The van der Waals surface area contributed by atoms with E-state index in [1.165, 1.54) is 0 Å². The average molecular weight is 922 g/mol. The molecule has 0 saturated carbocycles. The zero-order valence-corrected chi connectivity index (χ0v) is 44.1. The number of benzene rings is 1. The van der Waals surface area contributed by atoms with Gasteiger partial charge in [-0.3, -0.25) is 0 Å². The number of rotatable bonds is 9. The monoisotopic (exact) mass is 921 g/mol. The molecule has 4 radical (unpaired) electrons. The molecule has 1 aromatic rings. The van der Waals surface area contributed by atoms with Crippen molar-refractivity contribution in [2.24, 2.45) is 5.16 Å². The van der Waals surface area contributed by atoms with Crippen LogP contribution in [-0.4, -0.2) is 89.4 Å². The summed E-state index contributed by atoms with van der Waals surface area (Å²) in [5.74, 6) is 0. The van der Waals surface area contributed by atoms with E-state index in [0.29, 0.717) is 0 Å². The Balaban J connectivity index is -0.00000139. The van der Waals surface area contributed by atoms with Gasteiger partial charge in [-0.1, -0.05) is 156 Å². The van der Waals surface area contributed by atoms with Crippen molar-refractivity contribution in [2.75, 3.05) is 0 Å². The molecule has 0 atom stereocenters. The van der Waals surface area contributed by atoms with Crippen molar-refractivity contribution in [3.05, 3.63) is 46.6 Å². The maximum atomic E-state index is 8.76. The molecular weight excluding hydrogens is 850 g/mol. The zero-order valence-electron chi connectivity index (χ0n) is 32.4. The molecule has 0 amide bonds. The fraction of sp³-hybridized carbons (Fsp3) is 0.750. The van der Waals surface area contributed by atoms with Crippen LogP contribution in [0.15, 0.2) is 17.3 Å². The fourth-order valence-electron chi connectivity index (χ4n) is 7.88. The van der Waals surface area contributed by atoms with Crippen LogP contribution in [0.1, 0.15) is 32.2 Å². The van der Waals surface area contributed by atoms with Gasteiger partial charge in [0.2, 0.25) is 0 Å². The molecule has 0 saturated heterocycles. The second kappa shape index (κ2) is 17.7. The molecule has 0 aliphatic heterocycles. The first-order valence-corrected chi connectivity index (χ1v) is 41.4. The van der Waals surface area contributed by atoms with E-state index in [1.807, 2.05) is 0 Å². The predicted molar refractivity (Wildman–Crippen MR) is 227 cm³/mol. The van der Waals surface area contributed by atoms with Crippen LogP contribution in [0.25, 0.3) is 0 Å². The first-order valence-electron chi connectivity index (χ1n) is 15.8. The van der Waals surface area contributed by atoms with E-state index in [2.05, 4.69) is 180 Å². The minimum atomic E-state index is -1.39. The second-order valence-corrected chi connectivity index (χ2v) is 59.0. The summed E-state index contributed by atoms with van der Waals surface area (Å²) < 4.78 is 0. The van der Waals surface area contributed by atoms with Gasteiger partial charge < -0.3 is 23.0 Å². The molecule has 2 nitrogen and oxygen atoms in total. The largest absolute Gasteiger partial charge is 2.00 e. The van der Waals surface area contributed by atoms with Gasteiger partial charge in [0.15, 0.2) is 0 Å². The normalized spacial score (nSPS) is 13.9. The third-order valence-corrected chi connectivity index (χ3v) is 35.1. The van der Waals surface area contributed by atoms with Gasteiger partial charge in [0, 0.05) is 56.5 Å². The van der Waals surface area contributed by atoms with E-state index in [1.54, 1.807) is 16.7 Å². The maximum Gasteiger partial charge on any atom is 2.00 e. The van der Waals surface area contributed by atoms with Crippen LogP contribution >= 0.6 is 0 Å². The van der Waals surface area contributed by atoms with Crippen molar-refractivity contribution >= 4 is 102 Å². The van der Waals surface area contributed by atoms with Gasteiger partial charge in [-0.05, 0) is 38.3 Å². The molecule has 0 fully saturated rings. The molecule has 0 N–H and O–H groups in total. The van der Waals surface area contributed by atoms with Crippen LogP contribution in [0, 0.1) is 17.8 Å². The standard InChI is InChI=1S/C27H59Si6.C4H11Si.CH3NOS.Pb/c1-28(2,3)25(29(4,5)6)22-19-23(26(30(7,8)9)31(10,11)12)21-24(20-22)27(32(13,14)15)33(16,17)18;1-5(2,3)4;3-2-1-4;/h19-20,25-27H,1-18H3;1H2,2-4H3;1,3H,(H,2,4);/q;;;+2/p-2. The average Bonchev–Trinajstić information content (AvgIpc) is 2.59. The molecule has 0 heterocycles. The molecule has 0 bridgehead atoms. The zero-order chi connectivity index (χ0) is 34.5. The third kappa shape index (κ3) is 19.1. The van der Waals surface area contributed by atoms with Crippen molar-refractivity contribution in [1.29, 1.82) is 0 Å². The topological polar surface area (TPSA) is 35.4 Å². The molecule has 0 aromatic heterocycles. The molecule has 43 heavy (non-hydrogen) atoms. The Morgan fingerprint density at radius 3 is 0.907 bits per heavy atom. The van der Waals surface area contributed by atoms with Gasteiger partial charge in [-0.2, -0.15) is 0 Å². The summed E-state index contributed by atoms with van der Waals surface area (Å²) in [5.41, 5.74) is 5.72. The van der Waals surface area contributed by atoms with Crippen molar-refractivity contribution < 1.29 is 0 Å². The van der Waals surface area contributed by atoms with Crippen LogP contribution in [0.5, 0.6) is 0 Å². The van der Waals surface area contributed by atoms with E-state index < -0.39 is 56.5 Å². The number of nitrogens with zero attached hydrogens (tertiary/aromatic N) is 1. The van der Waals surface area contributed by atoms with Crippen molar-refractivity contribution in [3.63, 3.8) is 0 Å². The van der Waals surface area contributed by atoms with Gasteiger partial charge in [-0.15, -0.1) is 5.55 Å². The van der Waals surface area contributed by atoms with Crippen molar-refractivity contribution in [2.45, 2.75) is 153 Å². The molecule has 0 spiro atoms. The van der Waals surface area contributed by atoms with Gasteiger partial charge in [0.05, 0.1) is 0 Å². The summed E-state index contributed by atoms with van der Waals surface area (Å²) in [5, 5.41) is 13.3. The molecule has 11 heteroatoms. The van der Waals surface area contributed by atoms with E-state index in [4.69, 9.17) is 5.21 Å². The van der Waals surface area contributed by atoms with Crippen molar-refractivity contribution in [1.82, 2.24) is 0 Å². The summed E-state index contributed by atoms with van der Waals surface area (Å²) in [6.07, 6.45) is 0. The SMILES string of the molecule is C[Si](C)(C)C(c1[c]c(C([Si](C)(C)C)[Si](C)(C)C)cc(C([Si](C)(C)C)[Si](C)(C)C)c1)[Si](C)(C)C.[CH2][Si](C)(C)C.[O-]N=C[S-].[Pb+2]. The molecule has 248 valence electrons. The molecule has 1 rings (SSSR count). The Labute approximate surface area is 304 Å². The second-order valence-electron chi connectivity index (χ2n) is 20.1. The Bertz CT molecular complexity index is 815. The smallest absolute Gasteiger partial charge is 0.794 e. The van der Waals surface area contributed by atoms with Crippen LogP contribution in [0.3, 0.4) is 0 Å². The molecule has 1 aromatic carbocycles. The van der Waals surface area contributed by atoms with Gasteiger partial charge in [-0.25, -0.2) is 0 Å².